The molecule has 1 aromatic heterocycles. The zero-order chi connectivity index (χ0) is 34.6. The van der Waals surface area contributed by atoms with Gasteiger partial charge in [0.15, 0.2) is 0 Å². The molecule has 2 aromatic carbocycles. The maximum Gasteiger partial charge on any atom is 0.508 e. The number of nitrogens with one attached hydrogen (secondary N) is 1. The monoisotopic (exact) mass is 671 g/mol. The van der Waals surface area contributed by atoms with E-state index < -0.39 is 74.8 Å². The van der Waals surface area contributed by atoms with Crippen molar-refractivity contribution < 1.29 is 37.0 Å². The maximum absolute atomic E-state index is 13.8. The number of hydrogen-bond donors (Lipinski definition) is 1. The van der Waals surface area contributed by atoms with Crippen LogP contribution in [0.15, 0.2) is 82.5 Å². The summed E-state index contributed by atoms with van der Waals surface area (Å²) in [4.78, 5) is 51.0. The summed E-state index contributed by atoms with van der Waals surface area (Å²) in [5.41, 5.74) is -2.30. The number of rotatable bonds is 9. The third-order valence-corrected chi connectivity index (χ3v) is 8.47. The van der Waals surface area contributed by atoms with Gasteiger partial charge in [0, 0.05) is 18.2 Å². The van der Waals surface area contributed by atoms with E-state index in [1.54, 1.807) is 41.5 Å². The van der Waals surface area contributed by atoms with E-state index in [1.807, 2.05) is 60.7 Å². The minimum atomic E-state index is -4.04. The molecule has 0 spiro atoms. The molecule has 1 aliphatic heterocycles. The van der Waals surface area contributed by atoms with Gasteiger partial charge in [0.25, 0.3) is 5.56 Å². The van der Waals surface area contributed by atoms with Crippen LogP contribution < -0.4 is 16.0 Å². The second-order valence-corrected chi connectivity index (χ2v) is 15.0. The first-order valence-electron chi connectivity index (χ1n) is 15.1. The molecule has 1 aliphatic rings. The smallest absolute Gasteiger partial charge is 0.443 e. The average Bonchev–Trinajstić information content (AvgIpc) is 3.35. The molecule has 3 aromatic rings. The van der Waals surface area contributed by atoms with Crippen LogP contribution in [0.5, 0.6) is 0 Å². The first-order valence-corrected chi connectivity index (χ1v) is 16.8. The van der Waals surface area contributed by atoms with Gasteiger partial charge in [-0.25, -0.2) is 27.5 Å². The summed E-state index contributed by atoms with van der Waals surface area (Å²) >= 11 is 0. The van der Waals surface area contributed by atoms with Crippen LogP contribution in [0.25, 0.3) is 0 Å². The molecule has 0 bridgehead atoms. The number of aromatic nitrogens is 2. The van der Waals surface area contributed by atoms with Gasteiger partial charge in [-0.3, -0.25) is 9.36 Å². The molecule has 0 unspecified atom stereocenters. The highest BCUT2D eigenvalue weighted by molar-refractivity contribution is 7.89. The lowest BCUT2D eigenvalue weighted by atomic mass is 10.00. The largest absolute Gasteiger partial charge is 0.508 e. The summed E-state index contributed by atoms with van der Waals surface area (Å²) in [5.74, 6) is -1.25. The molecule has 0 radical (unpaired) electrons. The third-order valence-electron chi connectivity index (χ3n) is 7.01. The summed E-state index contributed by atoms with van der Waals surface area (Å²) in [6, 6.07) is 18.5. The van der Waals surface area contributed by atoms with Crippen LogP contribution in [0.4, 0.5) is 9.59 Å². The quantitative estimate of drug-likeness (QED) is 0.324. The maximum atomic E-state index is 13.8. The number of carbonyl (C=O) groups excluding carboxylic acids is 2. The topological polar surface area (TPSA) is 161 Å². The van der Waals surface area contributed by atoms with E-state index in [4.69, 9.17) is 18.9 Å². The van der Waals surface area contributed by atoms with Crippen molar-refractivity contribution in [3.05, 3.63) is 105 Å². The minimum Gasteiger partial charge on any atom is -0.443 e. The lowest BCUT2D eigenvalue weighted by Crippen LogP contribution is -2.46. The number of hydrogen-bond acceptors (Lipinski definition) is 10. The van der Waals surface area contributed by atoms with Gasteiger partial charge in [0.05, 0.1) is 17.9 Å². The summed E-state index contributed by atoms with van der Waals surface area (Å²) in [5, 5.41) is 0. The Morgan fingerprint density at radius 1 is 0.894 bits per heavy atom. The number of ether oxygens (including phenoxy) is 4. The molecule has 47 heavy (non-hydrogen) atoms. The predicted octanol–water partition coefficient (Wildman–Crippen LogP) is 4.36. The van der Waals surface area contributed by atoms with Crippen molar-refractivity contribution in [3.8, 4) is 0 Å². The Hall–Kier alpha value is -4.27. The van der Waals surface area contributed by atoms with Crippen LogP contribution in [0, 0.1) is 5.92 Å². The van der Waals surface area contributed by atoms with Gasteiger partial charge >= 0.3 is 17.9 Å². The summed E-state index contributed by atoms with van der Waals surface area (Å²) in [7, 11) is -4.04. The standard InChI is InChI=1S/C33H41N3O10S/c1-32(2,3)45-30(39)36-26(37)17-18-35(29(36)38)27-19-24(25(44-27)20-43-31(40)46-33(4,5)6)21-47(41,42)34-28(22-13-9-7-10-14-22)23-15-11-8-12-16-23/h7-18,24-25,27-28,34H,19-21H2,1-6H3/t24-,25-,27-/m1/s1. The molecule has 4 rings (SSSR count). The molecule has 13 nitrogen and oxygen atoms in total. The zero-order valence-electron chi connectivity index (χ0n) is 27.2. The summed E-state index contributed by atoms with van der Waals surface area (Å²) < 4.78 is 53.5. The average molecular weight is 672 g/mol. The molecule has 2 heterocycles. The van der Waals surface area contributed by atoms with E-state index in [-0.39, 0.29) is 13.0 Å². The van der Waals surface area contributed by atoms with Gasteiger partial charge in [-0.05, 0) is 59.1 Å². The van der Waals surface area contributed by atoms with E-state index >= 15 is 0 Å². The Morgan fingerprint density at radius 3 is 1.98 bits per heavy atom. The van der Waals surface area contributed by atoms with Crippen molar-refractivity contribution in [3.63, 3.8) is 0 Å². The molecular formula is C33H41N3O10S. The molecule has 1 saturated heterocycles. The Labute approximate surface area is 273 Å². The highest BCUT2D eigenvalue weighted by atomic mass is 32.2. The van der Waals surface area contributed by atoms with Crippen LogP contribution in [-0.4, -0.2) is 59.5 Å². The molecule has 1 N–H and O–H groups in total. The number of sulfonamides is 1. The predicted molar refractivity (Wildman–Crippen MR) is 172 cm³/mol. The summed E-state index contributed by atoms with van der Waals surface area (Å²) in [6.45, 7) is 9.38. The number of carbonyl (C=O) groups is 2. The van der Waals surface area contributed by atoms with Crippen molar-refractivity contribution in [2.75, 3.05) is 12.4 Å². The summed E-state index contributed by atoms with van der Waals surface area (Å²) in [6.07, 6.45) is -3.11. The van der Waals surface area contributed by atoms with Crippen molar-refractivity contribution in [1.29, 1.82) is 0 Å². The molecule has 3 atom stereocenters. The molecular weight excluding hydrogens is 630 g/mol. The van der Waals surface area contributed by atoms with E-state index in [1.165, 1.54) is 0 Å². The van der Waals surface area contributed by atoms with Crippen molar-refractivity contribution in [2.24, 2.45) is 5.92 Å². The second kappa shape index (κ2) is 14.2. The second-order valence-electron chi connectivity index (χ2n) is 13.2. The van der Waals surface area contributed by atoms with Gasteiger partial charge in [0.2, 0.25) is 10.0 Å². The fourth-order valence-electron chi connectivity index (χ4n) is 5.05. The molecule has 0 saturated carbocycles. The Morgan fingerprint density at radius 2 is 1.45 bits per heavy atom. The first-order chi connectivity index (χ1) is 21.9. The van der Waals surface area contributed by atoms with Crippen LogP contribution in [0.1, 0.15) is 71.4 Å². The highest BCUT2D eigenvalue weighted by Crippen LogP contribution is 2.34. The van der Waals surface area contributed by atoms with Gasteiger partial charge in [-0.1, -0.05) is 60.7 Å². The number of benzene rings is 2. The lowest BCUT2D eigenvalue weighted by Gasteiger charge is -2.23. The van der Waals surface area contributed by atoms with E-state index in [9.17, 15) is 27.6 Å². The van der Waals surface area contributed by atoms with E-state index in [0.717, 1.165) is 28.0 Å². The van der Waals surface area contributed by atoms with Crippen LogP contribution in [0.2, 0.25) is 0 Å². The van der Waals surface area contributed by atoms with Crippen molar-refractivity contribution in [2.45, 2.75) is 77.5 Å². The van der Waals surface area contributed by atoms with E-state index in [0.29, 0.717) is 4.57 Å². The first kappa shape index (κ1) is 35.6. The fraction of sp³-hybridized carbons (Fsp3) is 0.455. The van der Waals surface area contributed by atoms with Gasteiger partial charge in [0.1, 0.15) is 24.0 Å². The van der Waals surface area contributed by atoms with Crippen LogP contribution in [0.3, 0.4) is 0 Å². The molecule has 254 valence electrons. The Bertz CT molecular complexity index is 1740. The lowest BCUT2D eigenvalue weighted by molar-refractivity contribution is -0.0596. The Kier molecular flexibility index (Phi) is 10.8. The number of nitrogens with zero attached hydrogens (tertiary/aromatic N) is 2. The van der Waals surface area contributed by atoms with Gasteiger partial charge in [-0.15, -0.1) is 0 Å². The Balaban J connectivity index is 1.63. The normalized spacial score (nSPS) is 18.6. The SMILES string of the molecule is CC(C)(C)OC(=O)OC[C@H]1O[C@@H](n2ccc(=O)n(C(=O)OC(C)(C)C)c2=O)C[C@@H]1CS(=O)(=O)NC(c1ccccc1)c1ccccc1. The van der Waals surface area contributed by atoms with Gasteiger partial charge < -0.3 is 18.9 Å². The molecule has 14 heteroatoms. The van der Waals surface area contributed by atoms with Crippen molar-refractivity contribution in [1.82, 2.24) is 13.9 Å². The highest BCUT2D eigenvalue weighted by Gasteiger charge is 2.41. The molecule has 0 aliphatic carbocycles. The van der Waals surface area contributed by atoms with Crippen LogP contribution >= 0.6 is 0 Å². The zero-order valence-corrected chi connectivity index (χ0v) is 28.1. The fourth-order valence-corrected chi connectivity index (χ4v) is 6.70. The van der Waals surface area contributed by atoms with Gasteiger partial charge in [-0.2, -0.15) is 4.57 Å². The molecule has 0 amide bonds. The third kappa shape index (κ3) is 9.86. The van der Waals surface area contributed by atoms with Crippen LogP contribution in [-0.2, 0) is 29.0 Å². The van der Waals surface area contributed by atoms with E-state index in [2.05, 4.69) is 4.72 Å². The minimum absolute atomic E-state index is 0.0307. The molecule has 1 fully saturated rings. The van der Waals surface area contributed by atoms with Crippen molar-refractivity contribution >= 4 is 22.3 Å².